The minimum absolute atomic E-state index is 0.124. The predicted molar refractivity (Wildman–Crippen MR) is 81.5 cm³/mol. The third-order valence-corrected chi connectivity index (χ3v) is 2.94. The van der Waals surface area contributed by atoms with E-state index >= 15 is 0 Å². The molecule has 0 spiro atoms. The number of hydrogen-bond acceptors (Lipinski definition) is 5. The van der Waals surface area contributed by atoms with Crippen molar-refractivity contribution < 1.29 is 14.5 Å². The highest BCUT2D eigenvalue weighted by molar-refractivity contribution is 5.96. The molecule has 23 heavy (non-hydrogen) atoms. The number of hydrogen-bond donors (Lipinski definition) is 2. The van der Waals surface area contributed by atoms with Gasteiger partial charge in [0.2, 0.25) is 5.91 Å². The van der Waals surface area contributed by atoms with Gasteiger partial charge in [0.25, 0.3) is 11.6 Å². The highest BCUT2D eigenvalue weighted by Gasteiger charge is 2.12. The maximum atomic E-state index is 11.9. The summed E-state index contributed by atoms with van der Waals surface area (Å²) in [6.45, 7) is 0.0845. The molecule has 0 saturated heterocycles. The Kier molecular flexibility index (Phi) is 5.35. The molecule has 0 bridgehead atoms. The molecule has 0 atom stereocenters. The number of carbonyl (C=O) groups excluding carboxylic acids is 2. The van der Waals surface area contributed by atoms with Gasteiger partial charge in [0.05, 0.1) is 11.5 Å². The van der Waals surface area contributed by atoms with Crippen LogP contribution in [0.1, 0.15) is 15.9 Å². The second-order valence-electron chi connectivity index (χ2n) is 4.63. The summed E-state index contributed by atoms with van der Waals surface area (Å²) in [5.74, 6) is -0.919. The number of nitrogens with zero attached hydrogens (tertiary/aromatic N) is 2. The summed E-state index contributed by atoms with van der Waals surface area (Å²) in [4.78, 5) is 37.6. The average Bonchev–Trinajstić information content (AvgIpc) is 2.58. The van der Waals surface area contributed by atoms with Crippen LogP contribution in [0.3, 0.4) is 0 Å². The van der Waals surface area contributed by atoms with E-state index in [0.717, 1.165) is 11.6 Å². The number of nitrogens with one attached hydrogen (secondary N) is 2. The van der Waals surface area contributed by atoms with Gasteiger partial charge in [0.15, 0.2) is 0 Å². The van der Waals surface area contributed by atoms with E-state index in [2.05, 4.69) is 15.6 Å². The number of non-ortho nitro benzene ring substituents is 1. The lowest BCUT2D eigenvalue weighted by Gasteiger charge is -2.07. The number of aromatic nitrogens is 1. The van der Waals surface area contributed by atoms with Gasteiger partial charge in [-0.05, 0) is 17.7 Å². The minimum Gasteiger partial charge on any atom is -0.350 e. The Morgan fingerprint density at radius 3 is 2.70 bits per heavy atom. The summed E-state index contributed by atoms with van der Waals surface area (Å²) < 4.78 is 0. The van der Waals surface area contributed by atoms with Crippen molar-refractivity contribution in [2.24, 2.45) is 0 Å². The molecule has 8 heteroatoms. The molecule has 2 rings (SSSR count). The van der Waals surface area contributed by atoms with E-state index in [1.165, 1.54) is 18.2 Å². The third-order valence-electron chi connectivity index (χ3n) is 2.94. The molecule has 0 radical (unpaired) electrons. The Hall–Kier alpha value is -3.29. The van der Waals surface area contributed by atoms with Gasteiger partial charge < -0.3 is 10.6 Å². The zero-order chi connectivity index (χ0) is 16.7. The van der Waals surface area contributed by atoms with E-state index in [0.29, 0.717) is 6.54 Å². The number of nitro benzene ring substituents is 1. The topological polar surface area (TPSA) is 114 Å². The lowest BCUT2D eigenvalue weighted by molar-refractivity contribution is -0.384. The van der Waals surface area contributed by atoms with E-state index in [4.69, 9.17) is 0 Å². The third kappa shape index (κ3) is 4.88. The predicted octanol–water partition coefficient (Wildman–Crippen LogP) is 1.04. The molecule has 2 aromatic rings. The van der Waals surface area contributed by atoms with Crippen molar-refractivity contribution in [3.05, 3.63) is 70.0 Å². The summed E-state index contributed by atoms with van der Waals surface area (Å²) in [5.41, 5.74) is 0.781. The lowest BCUT2D eigenvalue weighted by Crippen LogP contribution is -2.36. The van der Waals surface area contributed by atoms with Crippen LogP contribution in [0.5, 0.6) is 0 Å². The van der Waals surface area contributed by atoms with Gasteiger partial charge in [0.1, 0.15) is 0 Å². The molecular formula is C15H14N4O4. The fourth-order valence-electron chi connectivity index (χ4n) is 1.79. The molecule has 118 valence electrons. The maximum Gasteiger partial charge on any atom is 0.270 e. The van der Waals surface area contributed by atoms with Crippen LogP contribution in [0, 0.1) is 10.1 Å². The van der Waals surface area contributed by atoms with Crippen molar-refractivity contribution in [1.29, 1.82) is 0 Å². The molecule has 1 aromatic carbocycles. The van der Waals surface area contributed by atoms with Crippen LogP contribution >= 0.6 is 0 Å². The second kappa shape index (κ2) is 7.64. The van der Waals surface area contributed by atoms with Crippen LogP contribution in [0.4, 0.5) is 5.69 Å². The van der Waals surface area contributed by atoms with Gasteiger partial charge >= 0.3 is 0 Å². The molecule has 0 saturated carbocycles. The largest absolute Gasteiger partial charge is 0.350 e. The summed E-state index contributed by atoms with van der Waals surface area (Å²) in [5, 5.41) is 15.7. The number of nitro groups is 1. The number of carbonyl (C=O) groups is 2. The van der Waals surface area contributed by atoms with Crippen LogP contribution in [0.2, 0.25) is 0 Å². The second-order valence-corrected chi connectivity index (χ2v) is 4.63. The highest BCUT2D eigenvalue weighted by atomic mass is 16.6. The fourth-order valence-corrected chi connectivity index (χ4v) is 1.79. The first-order chi connectivity index (χ1) is 11.1. The monoisotopic (exact) mass is 314 g/mol. The van der Waals surface area contributed by atoms with Gasteiger partial charge in [-0.2, -0.15) is 0 Å². The molecule has 0 unspecified atom stereocenters. The molecule has 2 amide bonds. The summed E-state index contributed by atoms with van der Waals surface area (Å²) >= 11 is 0. The molecule has 0 aliphatic carbocycles. The highest BCUT2D eigenvalue weighted by Crippen LogP contribution is 2.12. The molecule has 1 aromatic heterocycles. The molecule has 0 fully saturated rings. The number of amides is 2. The van der Waals surface area contributed by atoms with E-state index in [-0.39, 0.29) is 23.7 Å². The lowest BCUT2D eigenvalue weighted by atomic mass is 10.2. The van der Waals surface area contributed by atoms with Gasteiger partial charge in [-0.1, -0.05) is 12.1 Å². The van der Waals surface area contributed by atoms with Gasteiger partial charge in [-0.15, -0.1) is 0 Å². The smallest absolute Gasteiger partial charge is 0.270 e. The number of rotatable bonds is 6. The molecule has 2 N–H and O–H groups in total. The molecule has 0 aliphatic rings. The zero-order valence-electron chi connectivity index (χ0n) is 12.1. The van der Waals surface area contributed by atoms with Crippen LogP contribution in [0.15, 0.2) is 48.8 Å². The zero-order valence-corrected chi connectivity index (χ0v) is 12.1. The Labute approximate surface area is 131 Å². The van der Waals surface area contributed by atoms with E-state index in [1.807, 2.05) is 6.07 Å². The molecule has 8 nitrogen and oxygen atoms in total. The minimum atomic E-state index is -0.586. The first-order valence-electron chi connectivity index (χ1n) is 6.74. The van der Waals surface area contributed by atoms with Crippen molar-refractivity contribution >= 4 is 17.5 Å². The van der Waals surface area contributed by atoms with E-state index in [9.17, 15) is 19.7 Å². The average molecular weight is 314 g/mol. The maximum absolute atomic E-state index is 11.9. The van der Waals surface area contributed by atoms with Gasteiger partial charge in [0, 0.05) is 36.6 Å². The van der Waals surface area contributed by atoms with Gasteiger partial charge in [-0.3, -0.25) is 24.7 Å². The van der Waals surface area contributed by atoms with Crippen molar-refractivity contribution in [1.82, 2.24) is 15.6 Å². The van der Waals surface area contributed by atoms with Crippen LogP contribution in [-0.4, -0.2) is 28.3 Å². The van der Waals surface area contributed by atoms with E-state index in [1.54, 1.807) is 18.5 Å². The standard InChI is InChI=1S/C15H14N4O4/c20-14(17-9-11-3-2-6-16-8-11)10-18-15(21)12-4-1-5-13(7-12)19(22)23/h1-8H,9-10H2,(H,17,20)(H,18,21). The summed E-state index contributed by atoms with van der Waals surface area (Å²) in [6, 6.07) is 8.87. The van der Waals surface area contributed by atoms with Crippen LogP contribution in [-0.2, 0) is 11.3 Å². The van der Waals surface area contributed by atoms with Crippen LogP contribution in [0.25, 0.3) is 0 Å². The number of benzene rings is 1. The molecule has 0 aliphatic heterocycles. The van der Waals surface area contributed by atoms with Crippen molar-refractivity contribution in [3.63, 3.8) is 0 Å². The Morgan fingerprint density at radius 1 is 1.17 bits per heavy atom. The van der Waals surface area contributed by atoms with E-state index < -0.39 is 10.8 Å². The normalized spacial score (nSPS) is 9.91. The fraction of sp³-hybridized carbons (Fsp3) is 0.133. The van der Waals surface area contributed by atoms with Gasteiger partial charge in [-0.25, -0.2) is 0 Å². The van der Waals surface area contributed by atoms with Crippen molar-refractivity contribution in [2.75, 3.05) is 6.54 Å². The molecule has 1 heterocycles. The van der Waals surface area contributed by atoms with Crippen LogP contribution < -0.4 is 10.6 Å². The summed E-state index contributed by atoms with van der Waals surface area (Å²) in [6.07, 6.45) is 3.26. The Morgan fingerprint density at radius 2 is 2.00 bits per heavy atom. The molecular weight excluding hydrogens is 300 g/mol. The quantitative estimate of drug-likeness (QED) is 0.610. The number of pyridine rings is 1. The Balaban J connectivity index is 1.83. The summed E-state index contributed by atoms with van der Waals surface area (Å²) in [7, 11) is 0. The first kappa shape index (κ1) is 16.1. The van der Waals surface area contributed by atoms with Crippen molar-refractivity contribution in [2.45, 2.75) is 6.54 Å². The SMILES string of the molecule is O=C(CNC(=O)c1cccc([N+](=O)[O-])c1)NCc1cccnc1. The first-order valence-corrected chi connectivity index (χ1v) is 6.74. The Bertz CT molecular complexity index is 718. The van der Waals surface area contributed by atoms with Crippen molar-refractivity contribution in [3.8, 4) is 0 Å².